The van der Waals surface area contributed by atoms with Crippen molar-refractivity contribution < 1.29 is 5.11 Å². The maximum Gasteiger partial charge on any atom is 0.0914 e. The van der Waals surface area contributed by atoms with E-state index in [-0.39, 0.29) is 0 Å². The molecule has 1 aliphatic rings. The summed E-state index contributed by atoms with van der Waals surface area (Å²) in [6.07, 6.45) is 4.30. The average molecular weight is 416 g/mol. The van der Waals surface area contributed by atoms with Gasteiger partial charge in [0.1, 0.15) is 0 Å². The zero-order valence-electron chi connectivity index (χ0n) is 15.7. The first-order valence-corrected chi connectivity index (χ1v) is 10.2. The van der Waals surface area contributed by atoms with Crippen molar-refractivity contribution in [1.29, 1.82) is 0 Å². The van der Waals surface area contributed by atoms with Gasteiger partial charge in [-0.2, -0.15) is 5.10 Å². The third-order valence-electron chi connectivity index (χ3n) is 5.60. The van der Waals surface area contributed by atoms with E-state index < -0.39 is 6.10 Å². The average Bonchev–Trinajstić information content (AvgIpc) is 3.05. The third-order valence-corrected chi connectivity index (χ3v) is 6.75. The van der Waals surface area contributed by atoms with E-state index in [9.17, 15) is 5.11 Å². The lowest BCUT2D eigenvalue weighted by molar-refractivity contribution is 0.129. The number of aliphatic hydroxyl groups excluding tert-OH is 1. The Morgan fingerprint density at radius 2 is 1.92 bits per heavy atom. The smallest absolute Gasteiger partial charge is 0.0914 e. The highest BCUT2D eigenvalue weighted by Crippen LogP contribution is 2.33. The fourth-order valence-corrected chi connectivity index (χ4v) is 4.56. The minimum atomic E-state index is -0.470. The van der Waals surface area contributed by atoms with Crippen molar-refractivity contribution in [3.8, 4) is 0 Å². The van der Waals surface area contributed by atoms with E-state index in [0.717, 1.165) is 28.7 Å². The van der Waals surface area contributed by atoms with Gasteiger partial charge in [0, 0.05) is 22.3 Å². The summed E-state index contributed by atoms with van der Waals surface area (Å²) in [5.74, 6) is 0. The number of benzene rings is 1. The highest BCUT2D eigenvalue weighted by atomic mass is 79.9. The molecule has 5 heteroatoms. The number of nitrogens with zero attached hydrogens (tertiary/aromatic N) is 3. The zero-order valence-corrected chi connectivity index (χ0v) is 17.3. The minimum Gasteiger partial charge on any atom is -0.389 e. The fourth-order valence-electron chi connectivity index (χ4n) is 4.28. The summed E-state index contributed by atoms with van der Waals surface area (Å²) in [6.45, 7) is 7.30. The molecule has 0 aliphatic heterocycles. The van der Waals surface area contributed by atoms with Gasteiger partial charge in [0.25, 0.3) is 0 Å². The van der Waals surface area contributed by atoms with Crippen LogP contribution in [0.25, 0.3) is 10.9 Å². The number of aromatic nitrogens is 3. The van der Waals surface area contributed by atoms with Gasteiger partial charge in [0.2, 0.25) is 0 Å². The molecule has 1 atom stereocenters. The molecule has 1 aliphatic carbocycles. The summed E-state index contributed by atoms with van der Waals surface area (Å²) < 4.78 is 5.30. The summed E-state index contributed by atoms with van der Waals surface area (Å²) in [5.41, 5.74) is 7.51. The molecule has 0 saturated carbocycles. The van der Waals surface area contributed by atoms with Crippen LogP contribution in [0.5, 0.6) is 0 Å². The molecule has 0 bridgehead atoms. The molecular weight excluding hydrogens is 390 g/mol. The maximum absolute atomic E-state index is 10.8. The summed E-state index contributed by atoms with van der Waals surface area (Å²) in [6, 6.07) is 6.70. The monoisotopic (exact) mass is 415 g/mol. The second kappa shape index (κ2) is 6.86. The van der Waals surface area contributed by atoms with Crippen molar-refractivity contribution in [2.45, 2.75) is 65.6 Å². The van der Waals surface area contributed by atoms with Gasteiger partial charge in [-0.05, 0) is 80.1 Å². The van der Waals surface area contributed by atoms with Gasteiger partial charge in [0.15, 0.2) is 0 Å². The normalized spacial score (nSPS) is 15.4. The van der Waals surface area contributed by atoms with Crippen LogP contribution < -0.4 is 0 Å². The summed E-state index contributed by atoms with van der Waals surface area (Å²) in [7, 11) is 0. The molecule has 2 aromatic heterocycles. The second-order valence-electron chi connectivity index (χ2n) is 7.58. The van der Waals surface area contributed by atoms with Gasteiger partial charge < -0.3 is 9.67 Å². The number of hydrogen-bond acceptors (Lipinski definition) is 2. The van der Waals surface area contributed by atoms with Crippen LogP contribution in [0.4, 0.5) is 0 Å². The Morgan fingerprint density at radius 1 is 1.15 bits per heavy atom. The van der Waals surface area contributed by atoms with Crippen LogP contribution in [0.3, 0.4) is 0 Å². The summed E-state index contributed by atoms with van der Waals surface area (Å²) in [5, 5.41) is 16.7. The van der Waals surface area contributed by atoms with Gasteiger partial charge in [-0.15, -0.1) is 0 Å². The van der Waals surface area contributed by atoms with E-state index in [0.29, 0.717) is 13.1 Å². The van der Waals surface area contributed by atoms with E-state index in [1.54, 1.807) is 0 Å². The number of aryl methyl sites for hydroxylation is 3. The molecule has 2 heterocycles. The first kappa shape index (κ1) is 17.8. The molecule has 0 saturated heterocycles. The largest absolute Gasteiger partial charge is 0.389 e. The van der Waals surface area contributed by atoms with Gasteiger partial charge in [-0.3, -0.25) is 4.68 Å². The molecule has 0 unspecified atom stereocenters. The molecule has 4 nitrogen and oxygen atoms in total. The van der Waals surface area contributed by atoms with Crippen molar-refractivity contribution in [2.75, 3.05) is 0 Å². The molecule has 0 fully saturated rings. The van der Waals surface area contributed by atoms with Crippen molar-refractivity contribution in [1.82, 2.24) is 14.3 Å². The molecular formula is C21H26BrN3O. The van der Waals surface area contributed by atoms with Crippen LogP contribution in [0.1, 0.15) is 41.1 Å². The Kier molecular flexibility index (Phi) is 4.70. The topological polar surface area (TPSA) is 43.0 Å². The van der Waals surface area contributed by atoms with Crippen LogP contribution in [0.2, 0.25) is 0 Å². The van der Waals surface area contributed by atoms with Gasteiger partial charge >= 0.3 is 0 Å². The first-order valence-electron chi connectivity index (χ1n) is 9.44. The number of fused-ring (bicyclic) bond motifs is 3. The highest BCUT2D eigenvalue weighted by molar-refractivity contribution is 9.10. The van der Waals surface area contributed by atoms with Crippen LogP contribution in [0.15, 0.2) is 22.7 Å². The Hall–Kier alpha value is -1.59. The molecule has 0 amide bonds. The molecule has 1 aromatic carbocycles. The maximum atomic E-state index is 10.8. The number of aliphatic hydroxyl groups is 1. The van der Waals surface area contributed by atoms with E-state index in [1.807, 2.05) is 18.5 Å². The third kappa shape index (κ3) is 3.01. The standard InChI is InChI=1S/C21H26BrN3O/c1-13-8-9-20-18(10-13)17-6-4-5-7-19(17)24(20)11-16(26)12-25-15(3)21(22)14(2)23-25/h8-10,16,26H,4-7,11-12H2,1-3H3/t16-/m1/s1. The summed E-state index contributed by atoms with van der Waals surface area (Å²) >= 11 is 3.57. The van der Waals surface area contributed by atoms with Crippen LogP contribution >= 0.6 is 15.9 Å². The molecule has 3 aromatic rings. The Bertz CT molecular complexity index is 970. The van der Waals surface area contributed by atoms with Crippen molar-refractivity contribution in [3.05, 3.63) is 50.9 Å². The number of rotatable bonds is 4. The van der Waals surface area contributed by atoms with Gasteiger partial charge in [-0.1, -0.05) is 11.6 Å². The SMILES string of the molecule is Cc1ccc2c(c1)c1c(n2C[C@@H](O)Cn2nc(C)c(Br)c2C)CCCC1. The van der Waals surface area contributed by atoms with E-state index >= 15 is 0 Å². The van der Waals surface area contributed by atoms with Crippen LogP contribution in [-0.4, -0.2) is 25.6 Å². The Labute approximate surface area is 163 Å². The lowest BCUT2D eigenvalue weighted by Gasteiger charge is -2.19. The highest BCUT2D eigenvalue weighted by Gasteiger charge is 2.22. The van der Waals surface area contributed by atoms with E-state index in [2.05, 4.69) is 50.7 Å². The van der Waals surface area contributed by atoms with Gasteiger partial charge in [-0.25, -0.2) is 0 Å². The zero-order chi connectivity index (χ0) is 18.4. The van der Waals surface area contributed by atoms with Crippen molar-refractivity contribution in [2.24, 2.45) is 0 Å². The first-order chi connectivity index (χ1) is 12.5. The molecule has 138 valence electrons. The van der Waals surface area contributed by atoms with Gasteiger partial charge in [0.05, 0.1) is 29.4 Å². The summed E-state index contributed by atoms with van der Waals surface area (Å²) in [4.78, 5) is 0. The number of hydrogen-bond donors (Lipinski definition) is 1. The molecule has 26 heavy (non-hydrogen) atoms. The van der Waals surface area contributed by atoms with E-state index in [1.165, 1.54) is 40.6 Å². The van der Waals surface area contributed by atoms with Crippen molar-refractivity contribution in [3.63, 3.8) is 0 Å². The lowest BCUT2D eigenvalue weighted by Crippen LogP contribution is -2.24. The minimum absolute atomic E-state index is 0.470. The second-order valence-corrected chi connectivity index (χ2v) is 8.38. The predicted octanol–water partition coefficient (Wildman–Crippen LogP) is 4.47. The molecule has 4 rings (SSSR count). The molecule has 0 radical (unpaired) electrons. The lowest BCUT2D eigenvalue weighted by atomic mass is 9.95. The fraction of sp³-hybridized carbons (Fsp3) is 0.476. The van der Waals surface area contributed by atoms with Crippen LogP contribution in [0, 0.1) is 20.8 Å². The number of halogens is 1. The predicted molar refractivity (Wildman–Crippen MR) is 109 cm³/mol. The van der Waals surface area contributed by atoms with Crippen LogP contribution in [-0.2, 0) is 25.9 Å². The van der Waals surface area contributed by atoms with E-state index in [4.69, 9.17) is 0 Å². The molecule has 1 N–H and O–H groups in total. The Balaban J connectivity index is 1.67. The Morgan fingerprint density at radius 3 is 2.65 bits per heavy atom. The quantitative estimate of drug-likeness (QED) is 0.682. The molecule has 0 spiro atoms. The van der Waals surface area contributed by atoms with Crippen molar-refractivity contribution >= 4 is 26.8 Å².